The van der Waals surface area contributed by atoms with Crippen LogP contribution in [0.5, 0.6) is 0 Å². The third kappa shape index (κ3) is 5.60. The lowest BCUT2D eigenvalue weighted by atomic mass is 9.59. The molecule has 1 nitrogen and oxygen atoms in total. The van der Waals surface area contributed by atoms with E-state index in [-0.39, 0.29) is 29.1 Å². The standard InChI is InChI=1S/C25H38FN.ClH/c1-6-7-13-27-14-11-19(12-15-27)21-9-8-10-22(26)23(21)20-16-24(2,3)18-25(4,5)17-20;/h8-11,20H,6-7,12-18H2,1-5H3;1H. The van der Waals surface area contributed by atoms with Crippen molar-refractivity contribution >= 4 is 18.0 Å². The minimum atomic E-state index is 0. The molecule has 0 bridgehead atoms. The molecule has 1 aromatic rings. The normalized spacial score (nSPS) is 22.4. The molecule has 28 heavy (non-hydrogen) atoms. The van der Waals surface area contributed by atoms with Crippen LogP contribution in [0.3, 0.4) is 0 Å². The van der Waals surface area contributed by atoms with Gasteiger partial charge in [-0.15, -0.1) is 12.4 Å². The molecule has 0 atom stereocenters. The van der Waals surface area contributed by atoms with E-state index in [1.807, 2.05) is 6.07 Å². The Kier molecular flexibility index (Phi) is 7.78. The first-order valence-electron chi connectivity index (χ1n) is 10.9. The number of unbranched alkanes of at least 4 members (excludes halogenated alkanes) is 1. The molecule has 1 aromatic carbocycles. The van der Waals surface area contributed by atoms with Crippen LogP contribution in [0, 0.1) is 16.6 Å². The largest absolute Gasteiger partial charge is 0.299 e. The van der Waals surface area contributed by atoms with Crippen molar-refractivity contribution in [2.75, 3.05) is 19.6 Å². The van der Waals surface area contributed by atoms with E-state index in [1.165, 1.54) is 36.9 Å². The maximum Gasteiger partial charge on any atom is 0.127 e. The molecule has 1 aliphatic carbocycles. The fourth-order valence-electron chi connectivity index (χ4n) is 5.82. The molecule has 2 aliphatic rings. The van der Waals surface area contributed by atoms with Crippen molar-refractivity contribution in [1.29, 1.82) is 0 Å². The van der Waals surface area contributed by atoms with Crippen LogP contribution in [0.2, 0.25) is 0 Å². The average molecular weight is 408 g/mol. The van der Waals surface area contributed by atoms with Crippen molar-refractivity contribution in [2.24, 2.45) is 10.8 Å². The average Bonchev–Trinajstić information content (AvgIpc) is 2.57. The fourth-order valence-corrected chi connectivity index (χ4v) is 5.82. The molecule has 0 unspecified atom stereocenters. The van der Waals surface area contributed by atoms with E-state index in [2.05, 4.69) is 51.7 Å². The molecule has 0 N–H and O–H groups in total. The first-order valence-corrected chi connectivity index (χ1v) is 10.9. The van der Waals surface area contributed by atoms with Gasteiger partial charge in [0, 0.05) is 13.1 Å². The summed E-state index contributed by atoms with van der Waals surface area (Å²) in [6.07, 6.45) is 9.29. The molecular weight excluding hydrogens is 369 g/mol. The van der Waals surface area contributed by atoms with Crippen LogP contribution >= 0.6 is 12.4 Å². The highest BCUT2D eigenvalue weighted by Crippen LogP contribution is 2.53. The molecule has 1 saturated carbocycles. The van der Waals surface area contributed by atoms with Crippen LogP contribution in [-0.4, -0.2) is 24.5 Å². The molecule has 0 amide bonds. The smallest absolute Gasteiger partial charge is 0.127 e. The van der Waals surface area contributed by atoms with Crippen LogP contribution in [-0.2, 0) is 0 Å². The lowest BCUT2D eigenvalue weighted by Gasteiger charge is -2.45. The first kappa shape index (κ1) is 23.4. The number of nitrogens with zero attached hydrogens (tertiary/aromatic N) is 1. The zero-order valence-electron chi connectivity index (χ0n) is 18.5. The second-order valence-corrected chi connectivity index (χ2v) is 10.4. The number of rotatable bonds is 5. The Labute approximate surface area is 178 Å². The highest BCUT2D eigenvalue weighted by atomic mass is 35.5. The lowest BCUT2D eigenvalue weighted by Crippen LogP contribution is -2.34. The van der Waals surface area contributed by atoms with Crippen LogP contribution in [0.1, 0.15) is 90.2 Å². The van der Waals surface area contributed by atoms with Crippen molar-refractivity contribution in [3.05, 3.63) is 41.2 Å². The number of benzene rings is 1. The summed E-state index contributed by atoms with van der Waals surface area (Å²) < 4.78 is 15.1. The highest BCUT2D eigenvalue weighted by molar-refractivity contribution is 5.85. The van der Waals surface area contributed by atoms with E-state index in [4.69, 9.17) is 0 Å². The second kappa shape index (κ2) is 9.30. The van der Waals surface area contributed by atoms with E-state index < -0.39 is 0 Å². The van der Waals surface area contributed by atoms with Gasteiger partial charge in [-0.1, -0.05) is 59.2 Å². The molecular formula is C25H39ClFN. The first-order chi connectivity index (χ1) is 12.7. The second-order valence-electron chi connectivity index (χ2n) is 10.4. The van der Waals surface area contributed by atoms with E-state index >= 15 is 4.39 Å². The maximum absolute atomic E-state index is 15.1. The van der Waals surface area contributed by atoms with Crippen molar-refractivity contribution in [3.63, 3.8) is 0 Å². The molecule has 1 fully saturated rings. The molecule has 0 radical (unpaired) electrons. The predicted molar refractivity (Wildman–Crippen MR) is 122 cm³/mol. The van der Waals surface area contributed by atoms with Gasteiger partial charge in [-0.2, -0.15) is 0 Å². The van der Waals surface area contributed by atoms with E-state index in [0.29, 0.717) is 5.92 Å². The molecule has 3 rings (SSSR count). The topological polar surface area (TPSA) is 3.24 Å². The zero-order chi connectivity index (χ0) is 19.7. The quantitative estimate of drug-likeness (QED) is 0.489. The van der Waals surface area contributed by atoms with Gasteiger partial charge in [0.05, 0.1) is 0 Å². The van der Waals surface area contributed by atoms with Crippen molar-refractivity contribution in [1.82, 2.24) is 4.90 Å². The molecule has 1 aliphatic heterocycles. The summed E-state index contributed by atoms with van der Waals surface area (Å²) in [6.45, 7) is 15.0. The van der Waals surface area contributed by atoms with Crippen molar-refractivity contribution in [3.8, 4) is 0 Å². The van der Waals surface area contributed by atoms with Crippen LogP contribution in [0.4, 0.5) is 4.39 Å². The Morgan fingerprint density at radius 1 is 1.11 bits per heavy atom. The monoisotopic (exact) mass is 407 g/mol. The summed E-state index contributed by atoms with van der Waals surface area (Å²) in [6, 6.07) is 5.74. The Balaban J connectivity index is 0.00000280. The van der Waals surface area contributed by atoms with Gasteiger partial charge < -0.3 is 0 Å². The summed E-state index contributed by atoms with van der Waals surface area (Å²) >= 11 is 0. The third-order valence-electron chi connectivity index (χ3n) is 6.48. The Hall–Kier alpha value is -0.860. The summed E-state index contributed by atoms with van der Waals surface area (Å²) in [4.78, 5) is 2.53. The van der Waals surface area contributed by atoms with E-state index in [1.54, 1.807) is 6.07 Å². The molecule has 0 saturated heterocycles. The SMILES string of the molecule is CCCCN1CC=C(c2cccc(F)c2C2CC(C)(C)CC(C)(C)C2)CC1.Cl. The summed E-state index contributed by atoms with van der Waals surface area (Å²) in [7, 11) is 0. The Morgan fingerprint density at radius 3 is 2.36 bits per heavy atom. The van der Waals surface area contributed by atoms with Gasteiger partial charge in [0.2, 0.25) is 0 Å². The lowest BCUT2D eigenvalue weighted by molar-refractivity contribution is 0.0956. The Morgan fingerprint density at radius 2 is 1.79 bits per heavy atom. The molecule has 3 heteroatoms. The van der Waals surface area contributed by atoms with Crippen LogP contribution in [0.25, 0.3) is 5.57 Å². The predicted octanol–water partition coefficient (Wildman–Crippen LogP) is 7.46. The Bertz CT molecular complexity index is 676. The molecule has 0 spiro atoms. The molecule has 158 valence electrons. The highest BCUT2D eigenvalue weighted by Gasteiger charge is 2.40. The van der Waals surface area contributed by atoms with Crippen molar-refractivity contribution in [2.45, 2.75) is 79.1 Å². The van der Waals surface area contributed by atoms with E-state index in [0.717, 1.165) is 37.9 Å². The van der Waals surface area contributed by atoms with Crippen LogP contribution in [0.15, 0.2) is 24.3 Å². The summed E-state index contributed by atoms with van der Waals surface area (Å²) in [5.41, 5.74) is 4.07. The number of hydrogen-bond acceptors (Lipinski definition) is 1. The minimum Gasteiger partial charge on any atom is -0.299 e. The zero-order valence-corrected chi connectivity index (χ0v) is 19.3. The number of hydrogen-bond donors (Lipinski definition) is 0. The van der Waals surface area contributed by atoms with Crippen molar-refractivity contribution < 1.29 is 4.39 Å². The van der Waals surface area contributed by atoms with Gasteiger partial charge in [-0.25, -0.2) is 4.39 Å². The fraction of sp³-hybridized carbons (Fsp3) is 0.680. The minimum absolute atomic E-state index is 0. The van der Waals surface area contributed by atoms with Gasteiger partial charge in [0.1, 0.15) is 5.82 Å². The molecule has 1 heterocycles. The molecule has 0 aromatic heterocycles. The van der Waals surface area contributed by atoms with Gasteiger partial charge in [-0.3, -0.25) is 4.90 Å². The summed E-state index contributed by atoms with van der Waals surface area (Å²) in [5, 5.41) is 0. The van der Waals surface area contributed by atoms with Gasteiger partial charge in [0.25, 0.3) is 0 Å². The number of halogens is 2. The third-order valence-corrected chi connectivity index (χ3v) is 6.48. The van der Waals surface area contributed by atoms with Gasteiger partial charge >= 0.3 is 0 Å². The van der Waals surface area contributed by atoms with Crippen LogP contribution < -0.4 is 0 Å². The maximum atomic E-state index is 15.1. The van der Waals surface area contributed by atoms with Gasteiger partial charge in [0.15, 0.2) is 0 Å². The van der Waals surface area contributed by atoms with E-state index in [9.17, 15) is 0 Å². The summed E-state index contributed by atoms with van der Waals surface area (Å²) in [5.74, 6) is 0.319. The van der Waals surface area contributed by atoms with Gasteiger partial charge in [-0.05, 0) is 78.2 Å².